The molecule has 2 aromatic carbocycles. The molecular formula is C23H23FN4O6. The van der Waals surface area contributed by atoms with Crippen LogP contribution in [0.25, 0.3) is 0 Å². The minimum absolute atomic E-state index is 0.0383. The highest BCUT2D eigenvalue weighted by Crippen LogP contribution is 2.35. The molecule has 2 aromatic rings. The van der Waals surface area contributed by atoms with E-state index in [-0.39, 0.29) is 41.4 Å². The number of nitro groups is 1. The van der Waals surface area contributed by atoms with Crippen molar-refractivity contribution in [3.05, 3.63) is 86.9 Å². The van der Waals surface area contributed by atoms with E-state index in [1.807, 2.05) is 0 Å². The van der Waals surface area contributed by atoms with Crippen LogP contribution in [0.3, 0.4) is 0 Å². The molecule has 2 amide bonds. The molecule has 3 N–H and O–H groups in total. The van der Waals surface area contributed by atoms with Crippen LogP contribution in [-0.4, -0.2) is 52.3 Å². The predicted molar refractivity (Wildman–Crippen MR) is 120 cm³/mol. The van der Waals surface area contributed by atoms with Crippen LogP contribution >= 0.6 is 0 Å². The topological polar surface area (TPSA) is 142 Å². The Kier molecular flexibility index (Phi) is 7.69. The van der Waals surface area contributed by atoms with E-state index in [2.05, 4.69) is 10.6 Å². The van der Waals surface area contributed by atoms with Gasteiger partial charge in [0.25, 0.3) is 5.69 Å². The summed E-state index contributed by atoms with van der Waals surface area (Å²) < 4.78 is 13.3. The summed E-state index contributed by atoms with van der Waals surface area (Å²) in [5.41, 5.74) is 0.386. The van der Waals surface area contributed by atoms with Gasteiger partial charge in [0, 0.05) is 29.9 Å². The molecule has 178 valence electrons. The highest BCUT2D eigenvalue weighted by atomic mass is 19.1. The monoisotopic (exact) mass is 470 g/mol. The summed E-state index contributed by atoms with van der Waals surface area (Å²) in [7, 11) is 0. The summed E-state index contributed by atoms with van der Waals surface area (Å²) in [5, 5.41) is 26.4. The van der Waals surface area contributed by atoms with Gasteiger partial charge in [-0.25, -0.2) is 14.0 Å². The average molecular weight is 470 g/mol. The fourth-order valence-corrected chi connectivity index (χ4v) is 3.78. The number of Topliss-reactive ketones (excluding diaryl/α,β-unsaturated/α-hetero) is 1. The maximum absolute atomic E-state index is 13.3. The van der Waals surface area contributed by atoms with Crippen LogP contribution in [-0.2, 0) is 4.79 Å². The Balaban J connectivity index is 1.71. The molecule has 0 saturated heterocycles. The zero-order valence-electron chi connectivity index (χ0n) is 18.3. The van der Waals surface area contributed by atoms with Gasteiger partial charge in [-0.3, -0.25) is 14.9 Å². The number of carbonyl (C=O) groups is 3. The van der Waals surface area contributed by atoms with E-state index in [1.165, 1.54) is 54.3 Å². The molecule has 0 aliphatic carbocycles. The van der Waals surface area contributed by atoms with Crippen molar-refractivity contribution in [1.29, 1.82) is 0 Å². The first kappa shape index (κ1) is 24.5. The number of allylic oxidation sites excluding steroid dienone is 1. The molecule has 0 bridgehead atoms. The second-order valence-electron chi connectivity index (χ2n) is 7.69. The number of rotatable bonds is 10. The third-order valence-corrected chi connectivity index (χ3v) is 5.36. The minimum atomic E-state index is -1.25. The van der Waals surface area contributed by atoms with Gasteiger partial charge in [0.1, 0.15) is 5.82 Å². The molecule has 1 heterocycles. The SMILES string of the molecule is CC1=C(C(=O)O)C(c2cccc([N+](=O)[O-])c2)N(CCCNCC(=O)c2cccc(F)c2)C(=O)N1. The van der Waals surface area contributed by atoms with Crippen molar-refractivity contribution in [2.45, 2.75) is 19.4 Å². The van der Waals surface area contributed by atoms with E-state index in [4.69, 9.17) is 0 Å². The summed E-state index contributed by atoms with van der Waals surface area (Å²) in [6, 6.07) is 9.30. The summed E-state index contributed by atoms with van der Waals surface area (Å²) in [6.45, 7) is 1.86. The fourth-order valence-electron chi connectivity index (χ4n) is 3.78. The van der Waals surface area contributed by atoms with E-state index >= 15 is 0 Å². The standard InChI is InChI=1S/C23H23FN4O6/c1-14-20(22(30)31)21(16-6-3-8-18(12-16)28(33)34)27(23(32)26-14)10-4-9-25-13-19(29)15-5-2-7-17(24)11-15/h2-3,5-8,11-12,21,25H,4,9-10,13H2,1H3,(H,26,32)(H,30,31). The molecule has 0 spiro atoms. The maximum Gasteiger partial charge on any atom is 0.335 e. The number of nitrogens with one attached hydrogen (secondary N) is 2. The number of aliphatic carboxylic acids is 1. The Labute approximate surface area is 194 Å². The lowest BCUT2D eigenvalue weighted by Gasteiger charge is -2.37. The summed E-state index contributed by atoms with van der Waals surface area (Å²) >= 11 is 0. The Bertz CT molecular complexity index is 1170. The number of amides is 2. The van der Waals surface area contributed by atoms with Crippen LogP contribution in [0.15, 0.2) is 59.8 Å². The molecule has 1 unspecified atom stereocenters. The lowest BCUT2D eigenvalue weighted by atomic mass is 9.93. The van der Waals surface area contributed by atoms with Gasteiger partial charge in [-0.1, -0.05) is 24.3 Å². The molecule has 10 nitrogen and oxygen atoms in total. The third kappa shape index (κ3) is 5.62. The molecule has 0 aromatic heterocycles. The lowest BCUT2D eigenvalue weighted by molar-refractivity contribution is -0.384. The third-order valence-electron chi connectivity index (χ3n) is 5.36. The number of hydrogen-bond acceptors (Lipinski definition) is 6. The molecule has 34 heavy (non-hydrogen) atoms. The van der Waals surface area contributed by atoms with E-state index in [1.54, 1.807) is 0 Å². The van der Waals surface area contributed by atoms with Gasteiger partial charge in [-0.2, -0.15) is 0 Å². The van der Waals surface area contributed by atoms with Gasteiger partial charge >= 0.3 is 12.0 Å². The summed E-state index contributed by atoms with van der Waals surface area (Å²) in [5.74, 6) is -2.05. The van der Waals surface area contributed by atoms with Crippen molar-refractivity contribution >= 4 is 23.5 Å². The number of nitrogens with zero attached hydrogens (tertiary/aromatic N) is 2. The van der Waals surface area contributed by atoms with Crippen molar-refractivity contribution in [2.75, 3.05) is 19.6 Å². The highest BCUT2D eigenvalue weighted by Gasteiger charge is 2.37. The molecule has 1 aliphatic rings. The predicted octanol–water partition coefficient (Wildman–Crippen LogP) is 3.02. The van der Waals surface area contributed by atoms with E-state index < -0.39 is 28.8 Å². The lowest BCUT2D eigenvalue weighted by Crippen LogP contribution is -2.49. The minimum Gasteiger partial charge on any atom is -0.478 e. The number of non-ortho nitro benzene ring substituents is 1. The number of nitro benzene ring substituents is 1. The van der Waals surface area contributed by atoms with Gasteiger partial charge < -0.3 is 20.6 Å². The number of hydrogen-bond donors (Lipinski definition) is 3. The van der Waals surface area contributed by atoms with Gasteiger partial charge in [0.2, 0.25) is 0 Å². The summed E-state index contributed by atoms with van der Waals surface area (Å²) in [4.78, 5) is 48.8. The molecule has 0 fully saturated rings. The largest absolute Gasteiger partial charge is 0.478 e. The number of carbonyl (C=O) groups excluding carboxylic acids is 2. The second kappa shape index (κ2) is 10.7. The fraction of sp³-hybridized carbons (Fsp3) is 0.261. The van der Waals surface area contributed by atoms with Crippen molar-refractivity contribution in [1.82, 2.24) is 15.5 Å². The van der Waals surface area contributed by atoms with E-state index in [0.29, 0.717) is 18.5 Å². The van der Waals surface area contributed by atoms with Crippen molar-refractivity contribution in [3.8, 4) is 0 Å². The van der Waals surface area contributed by atoms with Crippen LogP contribution in [0.2, 0.25) is 0 Å². The molecule has 1 aliphatic heterocycles. The molecule has 1 atom stereocenters. The van der Waals surface area contributed by atoms with Gasteiger partial charge in [0.05, 0.1) is 23.1 Å². The number of benzene rings is 2. The average Bonchev–Trinajstić information content (AvgIpc) is 2.79. The number of halogens is 1. The van der Waals surface area contributed by atoms with Crippen molar-refractivity contribution < 1.29 is 28.8 Å². The van der Waals surface area contributed by atoms with Crippen LogP contribution in [0.4, 0.5) is 14.9 Å². The Morgan fingerprint density at radius 2 is 1.97 bits per heavy atom. The zero-order chi connectivity index (χ0) is 24.8. The molecular weight excluding hydrogens is 447 g/mol. The van der Waals surface area contributed by atoms with Crippen LogP contribution in [0.5, 0.6) is 0 Å². The first-order valence-electron chi connectivity index (χ1n) is 10.4. The van der Waals surface area contributed by atoms with Crippen molar-refractivity contribution in [2.24, 2.45) is 0 Å². The first-order chi connectivity index (χ1) is 16.2. The number of urea groups is 1. The number of carboxylic acid groups (broad SMARTS) is 1. The van der Waals surface area contributed by atoms with E-state index in [0.717, 1.165) is 6.07 Å². The second-order valence-corrected chi connectivity index (χ2v) is 7.69. The van der Waals surface area contributed by atoms with E-state index in [9.17, 15) is 34.0 Å². The molecule has 0 saturated carbocycles. The molecule has 0 radical (unpaired) electrons. The Morgan fingerprint density at radius 1 is 1.24 bits per heavy atom. The zero-order valence-corrected chi connectivity index (χ0v) is 18.3. The van der Waals surface area contributed by atoms with Crippen LogP contribution in [0, 0.1) is 15.9 Å². The van der Waals surface area contributed by atoms with Gasteiger partial charge in [0.15, 0.2) is 5.78 Å². The molecule has 3 rings (SSSR count). The smallest absolute Gasteiger partial charge is 0.335 e. The number of carboxylic acids is 1. The number of ketones is 1. The normalized spacial score (nSPS) is 15.8. The Hall–Kier alpha value is -4.12. The maximum atomic E-state index is 13.3. The van der Waals surface area contributed by atoms with Crippen molar-refractivity contribution in [3.63, 3.8) is 0 Å². The van der Waals surface area contributed by atoms with Crippen LogP contribution < -0.4 is 10.6 Å². The quantitative estimate of drug-likeness (QED) is 0.210. The highest BCUT2D eigenvalue weighted by molar-refractivity contribution is 5.97. The van der Waals surface area contributed by atoms with Crippen LogP contribution in [0.1, 0.15) is 35.3 Å². The Morgan fingerprint density at radius 3 is 2.65 bits per heavy atom. The van der Waals surface area contributed by atoms with Gasteiger partial charge in [-0.15, -0.1) is 0 Å². The molecule has 11 heteroatoms. The first-order valence-corrected chi connectivity index (χ1v) is 10.4. The summed E-state index contributed by atoms with van der Waals surface area (Å²) in [6.07, 6.45) is 0.362. The van der Waals surface area contributed by atoms with Gasteiger partial charge in [-0.05, 0) is 37.6 Å².